The van der Waals surface area contributed by atoms with Gasteiger partial charge in [0.05, 0.1) is 14.2 Å². The van der Waals surface area contributed by atoms with Crippen LogP contribution >= 0.6 is 11.8 Å². The van der Waals surface area contributed by atoms with Crippen molar-refractivity contribution in [3.8, 4) is 17.2 Å². The molecule has 0 bridgehead atoms. The van der Waals surface area contributed by atoms with Crippen molar-refractivity contribution in [2.24, 2.45) is 5.92 Å². The molecule has 1 aliphatic carbocycles. The van der Waals surface area contributed by atoms with Crippen molar-refractivity contribution < 1.29 is 23.4 Å². The van der Waals surface area contributed by atoms with Crippen LogP contribution in [-0.2, 0) is 6.61 Å². The minimum atomic E-state index is -0.00207. The van der Waals surface area contributed by atoms with E-state index in [-0.39, 0.29) is 5.50 Å². The molecule has 2 heterocycles. The number of methoxy groups -OCH3 is 2. The molecular formula is C33H35N3O5S. The highest BCUT2D eigenvalue weighted by atomic mass is 32.2. The van der Waals surface area contributed by atoms with Crippen molar-refractivity contribution in [2.45, 2.75) is 44.2 Å². The van der Waals surface area contributed by atoms with Gasteiger partial charge < -0.3 is 28.8 Å². The van der Waals surface area contributed by atoms with Gasteiger partial charge in [-0.1, -0.05) is 31.0 Å². The van der Waals surface area contributed by atoms with Crippen molar-refractivity contribution in [3.63, 3.8) is 0 Å². The first-order chi connectivity index (χ1) is 20.6. The normalized spacial score (nSPS) is 17.0. The van der Waals surface area contributed by atoms with Gasteiger partial charge in [0.1, 0.15) is 41.4 Å². The smallest absolute Gasteiger partial charge is 0.244 e. The van der Waals surface area contributed by atoms with Crippen LogP contribution in [0.1, 0.15) is 53.9 Å². The summed E-state index contributed by atoms with van der Waals surface area (Å²) in [4.78, 5) is 18.4. The predicted molar refractivity (Wildman–Crippen MR) is 166 cm³/mol. The number of carbonyl (C=O) groups excluding carboxylic acids is 1. The standard InChI is InChI=1S/C33H35N3O5S/c1-38-27-14-24(15-28(16-27)39-2)20-40-26-12-13-29-31(17-26)41-32(34-29)30-21-42-33(35-30)36(18-22-6-4-3-5-7-22)25-10-8-23(19-37)9-11-25/h8-17,19,21-22,33,35H,3-7,18,20H2,1-2H3. The maximum absolute atomic E-state index is 11.2. The Labute approximate surface area is 250 Å². The van der Waals surface area contributed by atoms with E-state index in [4.69, 9.17) is 23.6 Å². The Balaban J connectivity index is 1.15. The van der Waals surface area contributed by atoms with Gasteiger partial charge in [-0.2, -0.15) is 0 Å². The summed E-state index contributed by atoms with van der Waals surface area (Å²) < 4.78 is 23.0. The minimum Gasteiger partial charge on any atom is -0.497 e. The lowest BCUT2D eigenvalue weighted by Crippen LogP contribution is -2.43. The number of oxazole rings is 1. The lowest BCUT2D eigenvalue weighted by Gasteiger charge is -2.35. The molecule has 1 atom stereocenters. The van der Waals surface area contributed by atoms with E-state index in [2.05, 4.69) is 15.6 Å². The van der Waals surface area contributed by atoms with Gasteiger partial charge in [-0.25, -0.2) is 4.98 Å². The van der Waals surface area contributed by atoms with Gasteiger partial charge in [-0.15, -0.1) is 0 Å². The summed E-state index contributed by atoms with van der Waals surface area (Å²) in [5.74, 6) is 3.31. The Bertz CT molecular complexity index is 1540. The number of thioether (sulfide) groups is 1. The van der Waals surface area contributed by atoms with E-state index in [9.17, 15) is 4.79 Å². The largest absolute Gasteiger partial charge is 0.497 e. The van der Waals surface area contributed by atoms with Crippen molar-refractivity contribution in [1.82, 2.24) is 10.3 Å². The molecule has 2 aliphatic rings. The highest BCUT2D eigenvalue weighted by molar-refractivity contribution is 8.03. The fourth-order valence-corrected chi connectivity index (χ4v) is 6.54. The Morgan fingerprint density at radius 1 is 0.976 bits per heavy atom. The summed E-state index contributed by atoms with van der Waals surface area (Å²) in [7, 11) is 3.26. The molecule has 0 spiro atoms. The maximum Gasteiger partial charge on any atom is 0.244 e. The molecule has 1 N–H and O–H groups in total. The summed E-state index contributed by atoms with van der Waals surface area (Å²) in [5.41, 5.74) is 4.99. The van der Waals surface area contributed by atoms with E-state index >= 15 is 0 Å². The molecule has 0 amide bonds. The molecule has 218 valence electrons. The van der Waals surface area contributed by atoms with Gasteiger partial charge in [0.2, 0.25) is 5.89 Å². The van der Waals surface area contributed by atoms with Crippen molar-refractivity contribution in [1.29, 1.82) is 0 Å². The third-order valence-corrected chi connectivity index (χ3v) is 8.83. The molecule has 6 rings (SSSR count). The Hall–Kier alpha value is -4.11. The summed E-state index contributed by atoms with van der Waals surface area (Å²) in [5, 5.41) is 5.72. The van der Waals surface area contributed by atoms with E-state index in [1.807, 2.05) is 60.7 Å². The molecule has 42 heavy (non-hydrogen) atoms. The number of fused-ring (bicyclic) bond motifs is 1. The average molecular weight is 586 g/mol. The van der Waals surface area contributed by atoms with Gasteiger partial charge in [-0.3, -0.25) is 4.79 Å². The second-order valence-corrected chi connectivity index (χ2v) is 11.6. The third-order valence-electron chi connectivity index (χ3n) is 7.82. The highest BCUT2D eigenvalue weighted by Crippen LogP contribution is 2.36. The van der Waals surface area contributed by atoms with Crippen LogP contribution < -0.4 is 24.4 Å². The lowest BCUT2D eigenvalue weighted by atomic mass is 9.89. The third kappa shape index (κ3) is 6.36. The number of benzene rings is 3. The molecule has 8 nitrogen and oxygen atoms in total. The van der Waals surface area contributed by atoms with Gasteiger partial charge in [0.25, 0.3) is 0 Å². The van der Waals surface area contributed by atoms with E-state index in [1.165, 1.54) is 32.1 Å². The summed E-state index contributed by atoms with van der Waals surface area (Å²) >= 11 is 1.71. The van der Waals surface area contributed by atoms with Crippen LogP contribution in [0.2, 0.25) is 0 Å². The maximum atomic E-state index is 11.2. The Kier molecular flexibility index (Phi) is 8.55. The molecule has 1 fully saturated rings. The number of ether oxygens (including phenoxy) is 3. The van der Waals surface area contributed by atoms with Crippen molar-refractivity contribution in [3.05, 3.63) is 83.1 Å². The molecule has 9 heteroatoms. The van der Waals surface area contributed by atoms with Gasteiger partial charge in [-0.05, 0) is 72.9 Å². The molecule has 3 aromatic carbocycles. The van der Waals surface area contributed by atoms with Crippen LogP contribution in [0.25, 0.3) is 16.8 Å². The summed E-state index contributed by atoms with van der Waals surface area (Å²) in [6.07, 6.45) is 7.30. The molecule has 1 aromatic heterocycles. The molecule has 4 aromatic rings. The van der Waals surface area contributed by atoms with Crippen LogP contribution in [-0.4, -0.2) is 37.5 Å². The molecule has 1 unspecified atom stereocenters. The van der Waals surface area contributed by atoms with Crippen molar-refractivity contribution >= 4 is 40.5 Å². The fraction of sp³-hybridized carbons (Fsp3) is 0.333. The Morgan fingerprint density at radius 2 is 1.74 bits per heavy atom. The number of hydrogen-bond acceptors (Lipinski definition) is 9. The van der Waals surface area contributed by atoms with Crippen LogP contribution in [0.3, 0.4) is 0 Å². The first-order valence-electron chi connectivity index (χ1n) is 14.3. The predicted octanol–water partition coefficient (Wildman–Crippen LogP) is 7.24. The zero-order valence-corrected chi connectivity index (χ0v) is 24.7. The average Bonchev–Trinajstić information content (AvgIpc) is 3.70. The van der Waals surface area contributed by atoms with Crippen LogP contribution in [0.4, 0.5) is 5.69 Å². The first-order valence-corrected chi connectivity index (χ1v) is 15.3. The number of aldehydes is 1. The molecule has 1 aliphatic heterocycles. The number of aromatic nitrogens is 1. The number of nitrogens with zero attached hydrogens (tertiary/aromatic N) is 2. The van der Waals surface area contributed by atoms with Crippen LogP contribution in [0, 0.1) is 5.92 Å². The number of nitrogens with one attached hydrogen (secondary N) is 1. The quantitative estimate of drug-likeness (QED) is 0.183. The second-order valence-electron chi connectivity index (χ2n) is 10.7. The molecular weight excluding hydrogens is 550 g/mol. The number of hydrogen-bond donors (Lipinski definition) is 1. The van der Waals surface area contributed by atoms with E-state index in [0.717, 1.165) is 35.3 Å². The number of carbonyl (C=O) groups is 1. The van der Waals surface area contributed by atoms with E-state index < -0.39 is 0 Å². The zero-order valence-electron chi connectivity index (χ0n) is 23.9. The monoisotopic (exact) mass is 585 g/mol. The highest BCUT2D eigenvalue weighted by Gasteiger charge is 2.29. The number of rotatable bonds is 11. The SMILES string of the molecule is COc1cc(COc2ccc3nc(C4=CSC(N(CC5CCCCC5)c5ccc(C=O)cc5)N4)oc3c2)cc(OC)c1. The summed E-state index contributed by atoms with van der Waals surface area (Å²) in [6.45, 7) is 1.31. The second kappa shape index (κ2) is 12.8. The van der Waals surface area contributed by atoms with Gasteiger partial charge in [0.15, 0.2) is 11.1 Å². The van der Waals surface area contributed by atoms with Crippen LogP contribution in [0.5, 0.6) is 17.2 Å². The Morgan fingerprint density at radius 3 is 2.45 bits per heavy atom. The summed E-state index contributed by atoms with van der Waals surface area (Å²) in [6, 6.07) is 19.2. The fourth-order valence-electron chi connectivity index (χ4n) is 5.55. The lowest BCUT2D eigenvalue weighted by molar-refractivity contribution is 0.112. The topological polar surface area (TPSA) is 86.1 Å². The van der Waals surface area contributed by atoms with E-state index in [0.29, 0.717) is 46.8 Å². The number of anilines is 1. The van der Waals surface area contributed by atoms with Gasteiger partial charge >= 0.3 is 0 Å². The molecule has 0 saturated heterocycles. The first kappa shape index (κ1) is 28.0. The van der Waals surface area contributed by atoms with Gasteiger partial charge in [0, 0.05) is 35.3 Å². The minimum absolute atomic E-state index is 0.00207. The molecule has 0 radical (unpaired) electrons. The van der Waals surface area contributed by atoms with E-state index in [1.54, 1.807) is 26.0 Å². The molecule has 1 saturated carbocycles. The van der Waals surface area contributed by atoms with Crippen LogP contribution in [0.15, 0.2) is 70.5 Å². The van der Waals surface area contributed by atoms with Crippen molar-refractivity contribution in [2.75, 3.05) is 25.7 Å². The zero-order chi connectivity index (χ0) is 28.9.